The molecule has 0 N–H and O–H groups in total. The molecular formula is C17H21ClN2O5. The standard InChI is InChI=1S/C17H21ClN2O5/c1-17(2,3)16(22)25-10-20-9-19-12-7-11(23-4)8-13(24-6-5-18)14(12)15(20)21/h7-9H,5-6,10H2,1-4H3. The highest BCUT2D eigenvalue weighted by Gasteiger charge is 2.23. The van der Waals surface area contributed by atoms with Gasteiger partial charge in [-0.25, -0.2) is 4.98 Å². The van der Waals surface area contributed by atoms with Gasteiger partial charge in [0.2, 0.25) is 0 Å². The van der Waals surface area contributed by atoms with Crippen LogP contribution in [0.25, 0.3) is 10.9 Å². The van der Waals surface area contributed by atoms with E-state index in [0.717, 1.165) is 0 Å². The Hall–Kier alpha value is -2.28. The number of rotatable bonds is 6. The minimum atomic E-state index is -0.657. The lowest BCUT2D eigenvalue weighted by atomic mass is 9.98. The molecule has 1 heterocycles. The molecule has 0 atom stereocenters. The SMILES string of the molecule is COc1cc(OCCCl)c2c(=O)n(COC(=O)C(C)(C)C)cnc2c1. The number of aromatic nitrogens is 2. The van der Waals surface area contributed by atoms with Gasteiger partial charge in [-0.3, -0.25) is 14.2 Å². The maximum Gasteiger partial charge on any atom is 0.312 e. The maximum absolute atomic E-state index is 12.8. The van der Waals surface area contributed by atoms with Gasteiger partial charge < -0.3 is 14.2 Å². The number of nitrogens with zero attached hydrogens (tertiary/aromatic N) is 2. The third kappa shape index (κ3) is 4.42. The van der Waals surface area contributed by atoms with Crippen LogP contribution in [-0.2, 0) is 16.3 Å². The van der Waals surface area contributed by atoms with Gasteiger partial charge in [0, 0.05) is 12.1 Å². The van der Waals surface area contributed by atoms with Gasteiger partial charge in [-0.15, -0.1) is 11.6 Å². The van der Waals surface area contributed by atoms with Crippen LogP contribution in [0.4, 0.5) is 0 Å². The molecule has 25 heavy (non-hydrogen) atoms. The zero-order valence-electron chi connectivity index (χ0n) is 14.7. The molecule has 0 saturated carbocycles. The molecule has 0 spiro atoms. The molecule has 0 aliphatic heterocycles. The Morgan fingerprint density at radius 1 is 1.32 bits per heavy atom. The van der Waals surface area contributed by atoms with Gasteiger partial charge in [0.15, 0.2) is 6.73 Å². The first kappa shape index (κ1) is 19.1. The second-order valence-electron chi connectivity index (χ2n) is 6.39. The summed E-state index contributed by atoms with van der Waals surface area (Å²) in [6.45, 7) is 5.22. The Morgan fingerprint density at radius 2 is 2.04 bits per heavy atom. The van der Waals surface area contributed by atoms with E-state index < -0.39 is 11.4 Å². The Morgan fingerprint density at radius 3 is 2.64 bits per heavy atom. The zero-order valence-corrected chi connectivity index (χ0v) is 15.4. The smallest absolute Gasteiger partial charge is 0.312 e. The summed E-state index contributed by atoms with van der Waals surface area (Å²) in [5.41, 5.74) is -0.609. The number of ether oxygens (including phenoxy) is 3. The fraction of sp³-hybridized carbons (Fsp3) is 0.471. The molecule has 1 aromatic carbocycles. The van der Waals surface area contributed by atoms with Crippen LogP contribution >= 0.6 is 11.6 Å². The van der Waals surface area contributed by atoms with Crippen LogP contribution < -0.4 is 15.0 Å². The number of methoxy groups -OCH3 is 1. The van der Waals surface area contributed by atoms with Gasteiger partial charge in [-0.2, -0.15) is 0 Å². The molecule has 2 aromatic rings. The summed E-state index contributed by atoms with van der Waals surface area (Å²) in [6, 6.07) is 3.24. The van der Waals surface area contributed by atoms with Gasteiger partial charge >= 0.3 is 5.97 Å². The quantitative estimate of drug-likeness (QED) is 0.576. The van der Waals surface area contributed by atoms with Crippen LogP contribution in [0.15, 0.2) is 23.3 Å². The molecule has 0 unspecified atom stereocenters. The number of halogens is 1. The van der Waals surface area contributed by atoms with Gasteiger partial charge in [-0.1, -0.05) is 0 Å². The number of carbonyl (C=O) groups is 1. The highest BCUT2D eigenvalue weighted by Crippen LogP contribution is 2.28. The molecule has 2 rings (SSSR count). The fourth-order valence-corrected chi connectivity index (χ4v) is 2.11. The van der Waals surface area contributed by atoms with E-state index in [1.807, 2.05) is 0 Å². The largest absolute Gasteiger partial charge is 0.497 e. The summed E-state index contributed by atoms with van der Waals surface area (Å²) in [4.78, 5) is 28.9. The minimum Gasteiger partial charge on any atom is -0.497 e. The molecule has 0 fully saturated rings. The number of fused-ring (bicyclic) bond motifs is 1. The zero-order chi connectivity index (χ0) is 18.6. The molecule has 0 saturated heterocycles. The number of carbonyl (C=O) groups excluding carboxylic acids is 1. The Labute approximate surface area is 150 Å². The van der Waals surface area contributed by atoms with Crippen molar-refractivity contribution in [1.82, 2.24) is 9.55 Å². The van der Waals surface area contributed by atoms with E-state index in [2.05, 4.69) is 4.98 Å². The third-order valence-corrected chi connectivity index (χ3v) is 3.54. The van der Waals surface area contributed by atoms with Crippen molar-refractivity contribution in [1.29, 1.82) is 0 Å². The molecule has 1 aromatic heterocycles. The number of hydrogen-bond acceptors (Lipinski definition) is 6. The van der Waals surface area contributed by atoms with Crippen molar-refractivity contribution in [3.8, 4) is 11.5 Å². The highest BCUT2D eigenvalue weighted by molar-refractivity contribution is 6.18. The maximum atomic E-state index is 12.8. The first-order valence-electron chi connectivity index (χ1n) is 7.71. The second-order valence-corrected chi connectivity index (χ2v) is 6.77. The Kier molecular flexibility index (Phi) is 5.89. The first-order valence-corrected chi connectivity index (χ1v) is 8.24. The molecule has 0 aliphatic carbocycles. The predicted octanol–water partition coefficient (Wildman–Crippen LogP) is 2.57. The van der Waals surface area contributed by atoms with Crippen LogP contribution in [0.5, 0.6) is 11.5 Å². The second kappa shape index (κ2) is 7.74. The van der Waals surface area contributed by atoms with E-state index in [9.17, 15) is 9.59 Å². The molecule has 0 aliphatic rings. The lowest BCUT2D eigenvalue weighted by Gasteiger charge is -2.17. The molecular weight excluding hydrogens is 348 g/mol. The van der Waals surface area contributed by atoms with Crippen molar-refractivity contribution in [3.05, 3.63) is 28.8 Å². The van der Waals surface area contributed by atoms with E-state index in [-0.39, 0.29) is 30.2 Å². The number of benzene rings is 1. The summed E-state index contributed by atoms with van der Waals surface area (Å²) >= 11 is 5.66. The van der Waals surface area contributed by atoms with Crippen molar-refractivity contribution in [2.24, 2.45) is 5.41 Å². The Bertz CT molecular complexity index is 826. The molecule has 8 heteroatoms. The minimum absolute atomic E-state index is 0.223. The summed E-state index contributed by atoms with van der Waals surface area (Å²) in [5.74, 6) is 0.703. The normalized spacial score (nSPS) is 11.4. The monoisotopic (exact) mass is 368 g/mol. The van der Waals surface area contributed by atoms with E-state index in [4.69, 9.17) is 25.8 Å². The van der Waals surface area contributed by atoms with Crippen LogP contribution in [0.1, 0.15) is 20.8 Å². The van der Waals surface area contributed by atoms with E-state index in [1.54, 1.807) is 32.9 Å². The summed E-state index contributed by atoms with van der Waals surface area (Å²) < 4.78 is 17.2. The number of esters is 1. The predicted molar refractivity (Wildman–Crippen MR) is 94.3 cm³/mol. The van der Waals surface area contributed by atoms with Crippen LogP contribution in [0.3, 0.4) is 0 Å². The van der Waals surface area contributed by atoms with Crippen molar-refractivity contribution in [2.75, 3.05) is 19.6 Å². The van der Waals surface area contributed by atoms with E-state index in [1.165, 1.54) is 18.0 Å². The van der Waals surface area contributed by atoms with Crippen molar-refractivity contribution in [2.45, 2.75) is 27.5 Å². The molecule has 0 bridgehead atoms. The Balaban J connectivity index is 2.43. The molecule has 0 amide bonds. The van der Waals surface area contributed by atoms with Crippen molar-refractivity contribution >= 4 is 28.5 Å². The van der Waals surface area contributed by atoms with Gasteiger partial charge in [0.05, 0.1) is 23.9 Å². The van der Waals surface area contributed by atoms with Crippen LogP contribution in [0, 0.1) is 5.41 Å². The van der Waals surface area contributed by atoms with Crippen LogP contribution in [0.2, 0.25) is 0 Å². The average molecular weight is 369 g/mol. The lowest BCUT2D eigenvalue weighted by molar-refractivity contribution is -0.157. The average Bonchev–Trinajstić information content (AvgIpc) is 2.57. The first-order chi connectivity index (χ1) is 11.8. The van der Waals surface area contributed by atoms with Gasteiger partial charge in [0.1, 0.15) is 29.8 Å². The topological polar surface area (TPSA) is 79.6 Å². The van der Waals surface area contributed by atoms with Crippen molar-refractivity contribution in [3.63, 3.8) is 0 Å². The van der Waals surface area contributed by atoms with Crippen LogP contribution in [-0.4, -0.2) is 35.1 Å². The highest BCUT2D eigenvalue weighted by atomic mass is 35.5. The summed E-state index contributed by atoms with van der Waals surface area (Å²) in [6.07, 6.45) is 1.32. The van der Waals surface area contributed by atoms with Gasteiger partial charge in [-0.05, 0) is 20.8 Å². The molecule has 0 radical (unpaired) electrons. The third-order valence-electron chi connectivity index (χ3n) is 3.38. The van der Waals surface area contributed by atoms with E-state index in [0.29, 0.717) is 17.0 Å². The van der Waals surface area contributed by atoms with Gasteiger partial charge in [0.25, 0.3) is 5.56 Å². The lowest BCUT2D eigenvalue weighted by Crippen LogP contribution is -2.28. The number of hydrogen-bond donors (Lipinski definition) is 0. The molecule has 7 nitrogen and oxygen atoms in total. The fourth-order valence-electron chi connectivity index (χ4n) is 2.04. The summed E-state index contributed by atoms with van der Waals surface area (Å²) in [5, 5.41) is 0.278. The number of alkyl halides is 1. The molecule has 136 valence electrons. The van der Waals surface area contributed by atoms with Crippen molar-refractivity contribution < 1.29 is 19.0 Å². The summed E-state index contributed by atoms with van der Waals surface area (Å²) in [7, 11) is 1.51. The van der Waals surface area contributed by atoms with E-state index >= 15 is 0 Å².